The third-order valence-corrected chi connectivity index (χ3v) is 6.21. The van der Waals surface area contributed by atoms with Gasteiger partial charge in [-0.05, 0) is 37.7 Å². The molecular formula is C23H29N5O4. The van der Waals surface area contributed by atoms with E-state index >= 15 is 0 Å². The lowest BCUT2D eigenvalue weighted by atomic mass is 9.86. The van der Waals surface area contributed by atoms with E-state index in [-0.39, 0.29) is 12.0 Å². The molecular weight excluding hydrogens is 410 g/mol. The number of carbonyl (C=O) groups excluding carboxylic acids is 2. The zero-order valence-electron chi connectivity index (χ0n) is 18.1. The van der Waals surface area contributed by atoms with Crippen LogP contribution in [0.25, 0.3) is 0 Å². The Kier molecular flexibility index (Phi) is 6.87. The average molecular weight is 440 g/mol. The van der Waals surface area contributed by atoms with Crippen LogP contribution < -0.4 is 15.1 Å². The van der Waals surface area contributed by atoms with Gasteiger partial charge in [-0.15, -0.1) is 0 Å². The highest BCUT2D eigenvalue weighted by molar-refractivity contribution is 5.90. The van der Waals surface area contributed by atoms with Crippen LogP contribution in [-0.4, -0.2) is 83.7 Å². The van der Waals surface area contributed by atoms with E-state index in [2.05, 4.69) is 22.0 Å². The Bertz CT molecular complexity index is 905. The minimum absolute atomic E-state index is 0.0892. The van der Waals surface area contributed by atoms with Crippen molar-refractivity contribution in [3.63, 3.8) is 0 Å². The van der Waals surface area contributed by atoms with Crippen molar-refractivity contribution in [2.75, 3.05) is 44.7 Å². The molecule has 1 aromatic heterocycles. The molecule has 0 saturated carbocycles. The number of likely N-dealkylation sites (N-methyl/N-ethyl adjacent to an activating group) is 1. The van der Waals surface area contributed by atoms with Crippen molar-refractivity contribution < 1.29 is 19.5 Å². The van der Waals surface area contributed by atoms with Crippen LogP contribution >= 0.6 is 0 Å². The summed E-state index contributed by atoms with van der Waals surface area (Å²) in [6.07, 6.45) is 3.30. The molecule has 32 heavy (non-hydrogen) atoms. The van der Waals surface area contributed by atoms with Gasteiger partial charge in [-0.2, -0.15) is 0 Å². The van der Waals surface area contributed by atoms with E-state index < -0.39 is 17.9 Å². The molecule has 2 fully saturated rings. The number of hydrogen-bond acceptors (Lipinski definition) is 7. The number of amides is 2. The number of anilines is 1. The molecule has 0 unspecified atom stereocenters. The topological polar surface area (TPSA) is 98.2 Å². The lowest BCUT2D eigenvalue weighted by Crippen LogP contribution is -2.62. The second-order valence-corrected chi connectivity index (χ2v) is 8.28. The van der Waals surface area contributed by atoms with Crippen LogP contribution in [0.5, 0.6) is 5.75 Å². The van der Waals surface area contributed by atoms with Crippen molar-refractivity contribution in [1.82, 2.24) is 20.3 Å². The van der Waals surface area contributed by atoms with Gasteiger partial charge in [0.25, 0.3) is 0 Å². The maximum Gasteiger partial charge on any atom is 0.248 e. The summed E-state index contributed by atoms with van der Waals surface area (Å²) >= 11 is 0. The number of nitrogens with one attached hydrogen (secondary N) is 1. The lowest BCUT2D eigenvalue weighted by molar-refractivity contribution is -0.151. The normalized spacial score (nSPS) is 24.1. The Hall–Kier alpha value is -3.17. The number of rotatable bonds is 5. The number of carbonyl (C=O) groups is 2. The first kappa shape index (κ1) is 22.0. The summed E-state index contributed by atoms with van der Waals surface area (Å²) in [6.45, 7) is 3.12. The zero-order chi connectivity index (χ0) is 22.5. The number of aromatic nitrogens is 1. The summed E-state index contributed by atoms with van der Waals surface area (Å²) in [5, 5.41) is 9.32. The van der Waals surface area contributed by atoms with Crippen molar-refractivity contribution in [3.05, 3.63) is 54.9 Å². The average Bonchev–Trinajstić information content (AvgIpc) is 2.84. The highest BCUT2D eigenvalue weighted by Crippen LogP contribution is 2.28. The van der Waals surface area contributed by atoms with Gasteiger partial charge < -0.3 is 14.5 Å². The molecule has 2 saturated heterocycles. The molecule has 0 aliphatic carbocycles. The largest absolute Gasteiger partial charge is 0.487 e. The van der Waals surface area contributed by atoms with E-state index in [9.17, 15) is 14.8 Å². The van der Waals surface area contributed by atoms with Crippen molar-refractivity contribution in [3.8, 4) is 5.75 Å². The minimum Gasteiger partial charge on any atom is -0.487 e. The van der Waals surface area contributed by atoms with Crippen LogP contribution in [0.1, 0.15) is 6.42 Å². The second kappa shape index (κ2) is 9.97. The van der Waals surface area contributed by atoms with Crippen LogP contribution in [0.2, 0.25) is 0 Å². The molecule has 9 nitrogen and oxygen atoms in total. The first-order chi connectivity index (χ1) is 15.6. The molecule has 3 heterocycles. The molecule has 3 atom stereocenters. The van der Waals surface area contributed by atoms with Crippen LogP contribution in [0.4, 0.5) is 5.69 Å². The molecule has 9 heteroatoms. The number of hydrogen-bond donors (Lipinski definition) is 2. The number of hydroxylamine groups is 1. The number of piperazine rings is 1. The molecule has 2 aromatic rings. The number of pyridine rings is 1. The molecule has 2 aliphatic rings. The summed E-state index contributed by atoms with van der Waals surface area (Å²) in [4.78, 5) is 35.9. The van der Waals surface area contributed by atoms with Gasteiger partial charge in [0.05, 0.1) is 12.1 Å². The standard InChI is InChI=1S/C23H29N5O4/c1-26-16-19(32-18-8-5-9-24-15-18)14-20(22(29)25-31)21(26)23(30)28-12-10-27(11-13-28)17-6-3-2-4-7-17/h2-9,15,19-21,31H,10-14,16H2,1H3,(H,25,29)/t19-,20-,21-/m0/s1. The first-order valence-corrected chi connectivity index (χ1v) is 10.9. The lowest BCUT2D eigenvalue weighted by Gasteiger charge is -2.44. The highest BCUT2D eigenvalue weighted by Gasteiger charge is 2.45. The van der Waals surface area contributed by atoms with Crippen molar-refractivity contribution in [2.45, 2.75) is 18.6 Å². The SMILES string of the molecule is CN1C[C@@H](Oc2cccnc2)C[C@H](C(=O)NO)[C@H]1C(=O)N1CCN(c2ccccc2)CC1. The Labute approximate surface area is 187 Å². The molecule has 0 spiro atoms. The van der Waals surface area contributed by atoms with Gasteiger partial charge in [-0.3, -0.25) is 24.7 Å². The Morgan fingerprint density at radius 1 is 1.09 bits per heavy atom. The highest BCUT2D eigenvalue weighted by atomic mass is 16.5. The zero-order valence-corrected chi connectivity index (χ0v) is 18.1. The van der Waals surface area contributed by atoms with Crippen LogP contribution in [0, 0.1) is 5.92 Å². The maximum atomic E-state index is 13.5. The first-order valence-electron chi connectivity index (χ1n) is 10.9. The number of likely N-dealkylation sites (tertiary alicyclic amines) is 1. The summed E-state index contributed by atoms with van der Waals surface area (Å²) in [6, 6.07) is 13.1. The Morgan fingerprint density at radius 3 is 2.50 bits per heavy atom. The smallest absolute Gasteiger partial charge is 0.248 e. The summed E-state index contributed by atoms with van der Waals surface area (Å²) in [7, 11) is 1.82. The predicted octanol–water partition coefficient (Wildman–Crippen LogP) is 1.00. The van der Waals surface area contributed by atoms with Gasteiger partial charge in [0.15, 0.2) is 0 Å². The molecule has 4 rings (SSSR count). The summed E-state index contributed by atoms with van der Waals surface area (Å²) < 4.78 is 5.99. The van der Waals surface area contributed by atoms with Crippen LogP contribution in [0.3, 0.4) is 0 Å². The number of benzene rings is 1. The van der Waals surface area contributed by atoms with Crippen molar-refractivity contribution in [1.29, 1.82) is 0 Å². The molecule has 2 N–H and O–H groups in total. The third kappa shape index (κ3) is 4.84. The van der Waals surface area contributed by atoms with Crippen LogP contribution in [0.15, 0.2) is 54.9 Å². The van der Waals surface area contributed by atoms with E-state index in [1.807, 2.05) is 35.0 Å². The van der Waals surface area contributed by atoms with Crippen molar-refractivity contribution >= 4 is 17.5 Å². The maximum absolute atomic E-state index is 13.5. The number of nitrogens with zero attached hydrogens (tertiary/aromatic N) is 4. The predicted molar refractivity (Wildman–Crippen MR) is 118 cm³/mol. The van der Waals surface area contributed by atoms with Gasteiger partial charge in [0, 0.05) is 44.6 Å². The van der Waals surface area contributed by atoms with Gasteiger partial charge >= 0.3 is 0 Å². The molecule has 2 amide bonds. The quantitative estimate of drug-likeness (QED) is 0.530. The van der Waals surface area contributed by atoms with E-state index in [4.69, 9.17) is 4.74 Å². The fourth-order valence-corrected chi connectivity index (χ4v) is 4.63. The monoisotopic (exact) mass is 439 g/mol. The fourth-order valence-electron chi connectivity index (χ4n) is 4.63. The van der Waals surface area contributed by atoms with Gasteiger partial charge in [-0.25, -0.2) is 5.48 Å². The van der Waals surface area contributed by atoms with E-state index in [1.54, 1.807) is 30.0 Å². The minimum atomic E-state index is -0.722. The fraction of sp³-hybridized carbons (Fsp3) is 0.435. The van der Waals surface area contributed by atoms with Crippen molar-refractivity contribution in [2.24, 2.45) is 5.92 Å². The number of ether oxygens (including phenoxy) is 1. The van der Waals surface area contributed by atoms with Crippen LogP contribution in [-0.2, 0) is 9.59 Å². The molecule has 0 radical (unpaired) electrons. The molecule has 2 aliphatic heterocycles. The van der Waals surface area contributed by atoms with E-state index in [0.29, 0.717) is 31.8 Å². The Balaban J connectivity index is 1.43. The van der Waals surface area contributed by atoms with Gasteiger partial charge in [0.2, 0.25) is 11.8 Å². The van der Waals surface area contributed by atoms with E-state index in [1.165, 1.54) is 0 Å². The van der Waals surface area contributed by atoms with E-state index in [0.717, 1.165) is 18.8 Å². The molecule has 0 bridgehead atoms. The number of para-hydroxylation sites is 1. The number of piperidine rings is 1. The third-order valence-electron chi connectivity index (χ3n) is 6.21. The Morgan fingerprint density at radius 2 is 1.84 bits per heavy atom. The summed E-state index contributed by atoms with van der Waals surface area (Å²) in [5.74, 6) is -0.776. The molecule has 170 valence electrons. The van der Waals surface area contributed by atoms with Gasteiger partial charge in [0.1, 0.15) is 17.9 Å². The summed E-state index contributed by atoms with van der Waals surface area (Å²) in [5.41, 5.74) is 2.88. The van der Waals surface area contributed by atoms with Gasteiger partial charge in [-0.1, -0.05) is 18.2 Å². The molecule has 1 aromatic carbocycles. The second-order valence-electron chi connectivity index (χ2n) is 8.28.